The van der Waals surface area contributed by atoms with Crippen molar-refractivity contribution in [2.75, 3.05) is 56.0 Å². The Morgan fingerprint density at radius 1 is 1.02 bits per heavy atom. The number of alkyl halides is 3. The minimum absolute atomic E-state index is 0.109. The SMILES string of the molecule is O=C(Nc1ccc(Cl)cc1N1CCN(CCC(F)(F)F)CC1)c1ccc(CNC(=O)N2CCC[C@@H](O)C2)c(F)c1F. The number of nitrogens with one attached hydrogen (secondary N) is 2. The summed E-state index contributed by atoms with van der Waals surface area (Å²) in [5.41, 5.74) is 0.0857. The van der Waals surface area contributed by atoms with Crippen molar-refractivity contribution in [2.45, 2.75) is 38.1 Å². The standard InChI is InChI=1S/C27H31ClF5N5O3/c28-18-4-6-21(22(14-18)37-12-10-36(11-13-37)9-7-27(31,32)33)35-25(40)20-5-3-17(23(29)24(20)30)15-34-26(41)38-8-1-2-19(39)16-38/h3-6,14,19,39H,1-2,7-13,15-16H2,(H,34,41)(H,35,40)/t19-/m1/s1. The summed E-state index contributed by atoms with van der Waals surface area (Å²) in [6, 6.07) is 6.44. The molecule has 2 aromatic carbocycles. The van der Waals surface area contributed by atoms with Crippen LogP contribution in [0.25, 0.3) is 0 Å². The Balaban J connectivity index is 1.40. The summed E-state index contributed by atoms with van der Waals surface area (Å²) in [7, 11) is 0. The van der Waals surface area contributed by atoms with Crippen LogP contribution in [0.1, 0.15) is 35.2 Å². The van der Waals surface area contributed by atoms with Crippen LogP contribution in [0.5, 0.6) is 0 Å². The normalized spacial score (nSPS) is 18.4. The van der Waals surface area contributed by atoms with Gasteiger partial charge in [0.25, 0.3) is 5.91 Å². The average Bonchev–Trinajstić information content (AvgIpc) is 2.93. The van der Waals surface area contributed by atoms with Crippen LogP contribution in [-0.2, 0) is 6.54 Å². The first kappa shape index (κ1) is 30.8. The molecule has 0 unspecified atom stereocenters. The number of halogens is 6. The molecule has 0 bridgehead atoms. The van der Waals surface area contributed by atoms with Gasteiger partial charge >= 0.3 is 12.2 Å². The fraction of sp³-hybridized carbons (Fsp3) is 0.481. The maximum absolute atomic E-state index is 15.0. The van der Waals surface area contributed by atoms with E-state index in [1.807, 2.05) is 4.90 Å². The van der Waals surface area contributed by atoms with Crippen LogP contribution in [-0.4, -0.2) is 84.9 Å². The highest BCUT2D eigenvalue weighted by molar-refractivity contribution is 6.31. The van der Waals surface area contributed by atoms with Gasteiger partial charge in [-0.2, -0.15) is 13.2 Å². The number of piperidine rings is 1. The van der Waals surface area contributed by atoms with Gasteiger partial charge in [0.1, 0.15) is 0 Å². The van der Waals surface area contributed by atoms with Crippen molar-refractivity contribution in [3.63, 3.8) is 0 Å². The number of urea groups is 1. The van der Waals surface area contributed by atoms with E-state index in [9.17, 15) is 36.6 Å². The zero-order chi connectivity index (χ0) is 29.7. The summed E-state index contributed by atoms with van der Waals surface area (Å²) in [6.07, 6.45) is -4.54. The Labute approximate surface area is 239 Å². The van der Waals surface area contributed by atoms with Gasteiger partial charge in [-0.05, 0) is 37.1 Å². The van der Waals surface area contributed by atoms with E-state index in [0.29, 0.717) is 56.3 Å². The first-order valence-electron chi connectivity index (χ1n) is 13.2. The smallest absolute Gasteiger partial charge is 0.390 e. The van der Waals surface area contributed by atoms with E-state index in [0.717, 1.165) is 6.07 Å². The Morgan fingerprint density at radius 3 is 2.44 bits per heavy atom. The van der Waals surface area contributed by atoms with Crippen LogP contribution in [0.15, 0.2) is 30.3 Å². The molecule has 2 fully saturated rings. The molecule has 224 valence electrons. The van der Waals surface area contributed by atoms with E-state index >= 15 is 0 Å². The average molecular weight is 604 g/mol. The van der Waals surface area contributed by atoms with Crippen LogP contribution < -0.4 is 15.5 Å². The number of anilines is 2. The number of aliphatic hydroxyl groups excluding tert-OH is 1. The second-order valence-electron chi connectivity index (χ2n) is 10.1. The highest BCUT2D eigenvalue weighted by atomic mass is 35.5. The van der Waals surface area contributed by atoms with Crippen molar-refractivity contribution in [1.82, 2.24) is 15.1 Å². The predicted molar refractivity (Wildman–Crippen MR) is 144 cm³/mol. The Morgan fingerprint density at radius 2 is 1.76 bits per heavy atom. The highest BCUT2D eigenvalue weighted by Crippen LogP contribution is 2.31. The van der Waals surface area contributed by atoms with Gasteiger partial charge in [-0.1, -0.05) is 17.7 Å². The van der Waals surface area contributed by atoms with E-state index in [4.69, 9.17) is 11.6 Å². The molecule has 0 aromatic heterocycles. The van der Waals surface area contributed by atoms with Crippen LogP contribution in [0, 0.1) is 11.6 Å². The predicted octanol–water partition coefficient (Wildman–Crippen LogP) is 4.61. The fourth-order valence-electron chi connectivity index (χ4n) is 4.88. The third-order valence-corrected chi connectivity index (χ3v) is 7.39. The van der Waals surface area contributed by atoms with E-state index in [1.165, 1.54) is 23.1 Å². The number of carbonyl (C=O) groups excluding carboxylic acids is 2. The maximum atomic E-state index is 15.0. The van der Waals surface area contributed by atoms with Gasteiger partial charge in [0, 0.05) is 62.9 Å². The molecule has 8 nitrogen and oxygen atoms in total. The summed E-state index contributed by atoms with van der Waals surface area (Å²) in [5, 5.41) is 15.2. The van der Waals surface area contributed by atoms with Gasteiger partial charge in [-0.15, -0.1) is 0 Å². The van der Waals surface area contributed by atoms with Gasteiger partial charge < -0.3 is 25.5 Å². The summed E-state index contributed by atoms with van der Waals surface area (Å²) in [4.78, 5) is 30.3. The molecule has 14 heteroatoms. The third kappa shape index (κ3) is 8.20. The van der Waals surface area contributed by atoms with Crippen molar-refractivity contribution in [1.29, 1.82) is 0 Å². The molecule has 2 heterocycles. The van der Waals surface area contributed by atoms with E-state index in [-0.39, 0.29) is 30.9 Å². The number of carbonyl (C=O) groups is 2. The molecular weight excluding hydrogens is 573 g/mol. The molecule has 1 atom stereocenters. The van der Waals surface area contributed by atoms with Crippen molar-refractivity contribution in [2.24, 2.45) is 0 Å². The molecule has 0 aliphatic carbocycles. The number of β-amino-alcohol motifs (C(OH)–C–C–N with tert-alkyl or cyclic N) is 1. The topological polar surface area (TPSA) is 88.2 Å². The number of piperazine rings is 1. The first-order valence-corrected chi connectivity index (χ1v) is 13.6. The molecule has 2 aliphatic heterocycles. The maximum Gasteiger partial charge on any atom is 0.390 e. The first-order chi connectivity index (χ1) is 19.4. The molecule has 2 saturated heterocycles. The minimum atomic E-state index is -4.24. The van der Waals surface area contributed by atoms with Crippen LogP contribution in [0.2, 0.25) is 5.02 Å². The Bertz CT molecular complexity index is 1260. The molecule has 4 rings (SSSR count). The second kappa shape index (κ2) is 13.2. The lowest BCUT2D eigenvalue weighted by atomic mass is 10.1. The van der Waals surface area contributed by atoms with E-state index in [1.54, 1.807) is 11.0 Å². The molecule has 2 aromatic rings. The van der Waals surface area contributed by atoms with E-state index < -0.39 is 47.8 Å². The second-order valence-corrected chi connectivity index (χ2v) is 10.5. The number of hydrogen-bond acceptors (Lipinski definition) is 5. The van der Waals surface area contributed by atoms with Gasteiger partial charge in [-0.25, -0.2) is 13.6 Å². The van der Waals surface area contributed by atoms with Gasteiger partial charge in [0.15, 0.2) is 11.6 Å². The van der Waals surface area contributed by atoms with Gasteiger partial charge in [0.2, 0.25) is 0 Å². The fourth-order valence-corrected chi connectivity index (χ4v) is 5.05. The lowest BCUT2D eigenvalue weighted by Gasteiger charge is -2.37. The number of benzene rings is 2. The van der Waals surface area contributed by atoms with Crippen molar-refractivity contribution >= 4 is 34.9 Å². The minimum Gasteiger partial charge on any atom is -0.391 e. The van der Waals surface area contributed by atoms with Crippen molar-refractivity contribution in [3.8, 4) is 0 Å². The van der Waals surface area contributed by atoms with Gasteiger partial charge in [0.05, 0.1) is 29.5 Å². The summed E-state index contributed by atoms with van der Waals surface area (Å²) < 4.78 is 67.5. The summed E-state index contributed by atoms with van der Waals surface area (Å²) in [5.74, 6) is -3.56. The quantitative estimate of drug-likeness (QED) is 0.403. The van der Waals surface area contributed by atoms with Crippen LogP contribution in [0.3, 0.4) is 0 Å². The van der Waals surface area contributed by atoms with Crippen molar-refractivity contribution < 1.29 is 36.6 Å². The lowest BCUT2D eigenvalue weighted by Crippen LogP contribution is -2.47. The third-order valence-electron chi connectivity index (χ3n) is 7.15. The molecule has 2 aliphatic rings. The van der Waals surface area contributed by atoms with Gasteiger partial charge in [-0.3, -0.25) is 9.69 Å². The van der Waals surface area contributed by atoms with E-state index in [2.05, 4.69) is 10.6 Å². The van der Waals surface area contributed by atoms with Crippen LogP contribution >= 0.6 is 11.6 Å². The monoisotopic (exact) mass is 603 g/mol. The zero-order valence-corrected chi connectivity index (χ0v) is 22.9. The lowest BCUT2D eigenvalue weighted by molar-refractivity contribution is -0.138. The number of hydrogen-bond donors (Lipinski definition) is 3. The number of amides is 3. The number of rotatable bonds is 7. The number of likely N-dealkylation sites (tertiary alicyclic amines) is 1. The molecule has 3 amide bonds. The number of nitrogens with zero attached hydrogens (tertiary/aromatic N) is 3. The zero-order valence-electron chi connectivity index (χ0n) is 22.1. The largest absolute Gasteiger partial charge is 0.391 e. The Kier molecular flexibility index (Phi) is 9.92. The van der Waals surface area contributed by atoms with Crippen LogP contribution in [0.4, 0.5) is 38.1 Å². The molecule has 41 heavy (non-hydrogen) atoms. The highest BCUT2D eigenvalue weighted by Gasteiger charge is 2.29. The molecule has 0 radical (unpaired) electrons. The molecule has 0 spiro atoms. The molecule has 3 N–H and O–H groups in total. The Hall–Kier alpha value is -3.16. The van der Waals surface area contributed by atoms with Crippen molar-refractivity contribution in [3.05, 3.63) is 58.1 Å². The summed E-state index contributed by atoms with van der Waals surface area (Å²) >= 11 is 6.16. The number of aliphatic hydroxyl groups is 1. The molecule has 0 saturated carbocycles. The molecular formula is C27H31ClF5N5O3. The summed E-state index contributed by atoms with van der Waals surface area (Å²) in [6.45, 7) is 1.66.